The van der Waals surface area contributed by atoms with Gasteiger partial charge in [-0.3, -0.25) is 10.1 Å². The number of hydrogen-bond donors (Lipinski definition) is 1. The Morgan fingerprint density at radius 1 is 1.25 bits per heavy atom. The summed E-state index contributed by atoms with van der Waals surface area (Å²) in [5, 5.41) is 3.41. The van der Waals surface area contributed by atoms with Gasteiger partial charge in [-0.1, -0.05) is 26.7 Å². The monoisotopic (exact) mass is 302 g/mol. The van der Waals surface area contributed by atoms with Crippen LogP contribution in [0.3, 0.4) is 0 Å². The smallest absolute Gasteiger partial charge is 0.241 e. The van der Waals surface area contributed by atoms with Gasteiger partial charge < -0.3 is 4.90 Å². The number of carbonyl (C=O) groups excluding carboxylic acids is 1. The maximum atomic E-state index is 12.4. The summed E-state index contributed by atoms with van der Waals surface area (Å²) in [6.07, 6.45) is 4.58. The van der Waals surface area contributed by atoms with E-state index in [1.54, 1.807) is 0 Å². The van der Waals surface area contributed by atoms with Crippen molar-refractivity contribution in [3.8, 4) is 0 Å². The first kappa shape index (κ1) is 15.8. The van der Waals surface area contributed by atoms with Crippen LogP contribution in [-0.4, -0.2) is 49.5 Å². The molecule has 0 saturated carbocycles. The highest BCUT2D eigenvalue weighted by Gasteiger charge is 2.40. The topological polar surface area (TPSA) is 66.5 Å². The molecule has 0 radical (unpaired) electrons. The Hall–Kier alpha value is -0.620. The van der Waals surface area contributed by atoms with E-state index in [2.05, 4.69) is 19.2 Å². The maximum absolute atomic E-state index is 12.4. The largest absolute Gasteiger partial charge is 0.325 e. The zero-order chi connectivity index (χ0) is 14.8. The number of rotatable bonds is 6. The number of nitrogens with one attached hydrogen (secondary N) is 1. The molecule has 2 saturated heterocycles. The van der Waals surface area contributed by atoms with Crippen LogP contribution in [0.5, 0.6) is 0 Å². The fourth-order valence-corrected chi connectivity index (χ4v) is 5.12. The van der Waals surface area contributed by atoms with E-state index in [0.717, 1.165) is 25.7 Å². The van der Waals surface area contributed by atoms with Crippen LogP contribution >= 0.6 is 0 Å². The second-order valence-electron chi connectivity index (χ2n) is 6.07. The van der Waals surface area contributed by atoms with Crippen LogP contribution in [-0.2, 0) is 14.6 Å². The standard InChI is InChI=1S/C14H26N2O3S/c1-3-5-12-14(17)16(13(15-12)6-4-2)9-11-7-8-20(18,19)10-11/h11-13,15H,3-10H2,1-2H3. The Bertz CT molecular complexity index is 449. The molecule has 5 nitrogen and oxygen atoms in total. The summed E-state index contributed by atoms with van der Waals surface area (Å²) < 4.78 is 23.1. The van der Waals surface area contributed by atoms with Crippen molar-refractivity contribution in [1.82, 2.24) is 10.2 Å². The molecule has 0 aromatic carbocycles. The Kier molecular flexibility index (Phi) is 5.07. The molecule has 0 aromatic rings. The van der Waals surface area contributed by atoms with Gasteiger partial charge in [-0.2, -0.15) is 0 Å². The summed E-state index contributed by atoms with van der Waals surface area (Å²) in [6, 6.07) is -0.0745. The average Bonchev–Trinajstić information content (AvgIpc) is 2.85. The fraction of sp³-hybridized carbons (Fsp3) is 0.929. The van der Waals surface area contributed by atoms with E-state index in [1.807, 2.05) is 4.90 Å². The minimum Gasteiger partial charge on any atom is -0.325 e. The van der Waals surface area contributed by atoms with E-state index in [4.69, 9.17) is 0 Å². The second-order valence-corrected chi connectivity index (χ2v) is 8.30. The van der Waals surface area contributed by atoms with Gasteiger partial charge in [-0.25, -0.2) is 8.42 Å². The second kappa shape index (κ2) is 6.43. The molecule has 6 heteroatoms. The lowest BCUT2D eigenvalue weighted by molar-refractivity contribution is -0.130. The van der Waals surface area contributed by atoms with E-state index in [9.17, 15) is 13.2 Å². The average molecular weight is 302 g/mol. The number of nitrogens with zero attached hydrogens (tertiary/aromatic N) is 1. The van der Waals surface area contributed by atoms with Crippen molar-refractivity contribution >= 4 is 15.7 Å². The van der Waals surface area contributed by atoms with Crippen molar-refractivity contribution < 1.29 is 13.2 Å². The van der Waals surface area contributed by atoms with Gasteiger partial charge in [0.05, 0.1) is 23.7 Å². The highest BCUT2D eigenvalue weighted by Crippen LogP contribution is 2.24. The van der Waals surface area contributed by atoms with Crippen molar-refractivity contribution in [3.63, 3.8) is 0 Å². The van der Waals surface area contributed by atoms with Gasteiger partial charge in [0.2, 0.25) is 5.91 Å². The van der Waals surface area contributed by atoms with E-state index < -0.39 is 9.84 Å². The van der Waals surface area contributed by atoms with Gasteiger partial charge in [-0.05, 0) is 25.2 Å². The number of hydrogen-bond acceptors (Lipinski definition) is 4. The Morgan fingerprint density at radius 2 is 1.95 bits per heavy atom. The van der Waals surface area contributed by atoms with Gasteiger partial charge in [-0.15, -0.1) is 0 Å². The van der Waals surface area contributed by atoms with Gasteiger partial charge in [0.1, 0.15) is 0 Å². The first-order valence-corrected chi connectivity index (χ1v) is 9.56. The summed E-state index contributed by atoms with van der Waals surface area (Å²) in [4.78, 5) is 14.3. The third-order valence-corrected chi connectivity index (χ3v) is 6.11. The molecule has 2 aliphatic heterocycles. The molecule has 0 aliphatic carbocycles. The predicted molar refractivity (Wildman–Crippen MR) is 79.0 cm³/mol. The van der Waals surface area contributed by atoms with E-state index in [-0.39, 0.29) is 35.5 Å². The van der Waals surface area contributed by atoms with Gasteiger partial charge in [0, 0.05) is 6.54 Å². The van der Waals surface area contributed by atoms with E-state index in [1.165, 1.54) is 0 Å². The zero-order valence-corrected chi connectivity index (χ0v) is 13.3. The molecule has 0 spiro atoms. The minimum atomic E-state index is -2.87. The first-order chi connectivity index (χ1) is 9.46. The Morgan fingerprint density at radius 3 is 2.50 bits per heavy atom. The highest BCUT2D eigenvalue weighted by molar-refractivity contribution is 7.91. The number of amides is 1. The summed E-state index contributed by atoms with van der Waals surface area (Å²) >= 11 is 0. The van der Waals surface area contributed by atoms with Gasteiger partial charge in [0.15, 0.2) is 9.84 Å². The van der Waals surface area contributed by atoms with Gasteiger partial charge >= 0.3 is 0 Å². The van der Waals surface area contributed by atoms with Crippen molar-refractivity contribution in [2.75, 3.05) is 18.1 Å². The molecule has 3 atom stereocenters. The lowest BCUT2D eigenvalue weighted by Gasteiger charge is -2.26. The molecule has 1 amide bonds. The fourth-order valence-electron chi connectivity index (χ4n) is 3.27. The summed E-state index contributed by atoms with van der Waals surface area (Å²) in [7, 11) is -2.87. The van der Waals surface area contributed by atoms with Crippen LogP contribution in [0.1, 0.15) is 46.0 Å². The van der Waals surface area contributed by atoms with E-state index >= 15 is 0 Å². The molecule has 3 unspecified atom stereocenters. The maximum Gasteiger partial charge on any atom is 0.241 e. The van der Waals surface area contributed by atoms with Crippen molar-refractivity contribution in [1.29, 1.82) is 0 Å². The zero-order valence-electron chi connectivity index (χ0n) is 12.5. The van der Waals surface area contributed by atoms with E-state index in [0.29, 0.717) is 13.0 Å². The summed E-state index contributed by atoms with van der Waals surface area (Å²) in [6.45, 7) is 4.78. The molecule has 2 fully saturated rings. The van der Waals surface area contributed by atoms with Crippen LogP contribution in [0.2, 0.25) is 0 Å². The third-order valence-electron chi connectivity index (χ3n) is 4.27. The van der Waals surface area contributed by atoms with Crippen LogP contribution in [0.25, 0.3) is 0 Å². The molecule has 116 valence electrons. The van der Waals surface area contributed by atoms with Crippen molar-refractivity contribution in [3.05, 3.63) is 0 Å². The highest BCUT2D eigenvalue weighted by atomic mass is 32.2. The summed E-state index contributed by atoms with van der Waals surface area (Å²) in [5.41, 5.74) is 0. The SMILES string of the molecule is CCCC1NC(CCC)N(CC2CCS(=O)(=O)C2)C1=O. The minimum absolute atomic E-state index is 0.0745. The normalized spacial score (nSPS) is 33.0. The molecular weight excluding hydrogens is 276 g/mol. The third kappa shape index (κ3) is 3.52. The molecule has 2 heterocycles. The van der Waals surface area contributed by atoms with Crippen molar-refractivity contribution in [2.45, 2.75) is 58.2 Å². The number of carbonyl (C=O) groups is 1. The Labute approximate surface area is 122 Å². The molecular formula is C14H26N2O3S. The van der Waals surface area contributed by atoms with Gasteiger partial charge in [0.25, 0.3) is 0 Å². The molecule has 0 bridgehead atoms. The van der Waals surface area contributed by atoms with Crippen LogP contribution in [0, 0.1) is 5.92 Å². The van der Waals surface area contributed by atoms with Crippen LogP contribution in [0.15, 0.2) is 0 Å². The van der Waals surface area contributed by atoms with Crippen molar-refractivity contribution in [2.24, 2.45) is 5.92 Å². The first-order valence-electron chi connectivity index (χ1n) is 7.73. The molecule has 0 aromatic heterocycles. The molecule has 2 aliphatic rings. The summed E-state index contributed by atoms with van der Waals surface area (Å²) in [5.74, 6) is 0.804. The lowest BCUT2D eigenvalue weighted by atomic mass is 10.1. The van der Waals surface area contributed by atoms with Crippen LogP contribution in [0.4, 0.5) is 0 Å². The quantitative estimate of drug-likeness (QED) is 0.799. The number of sulfone groups is 1. The molecule has 1 N–H and O–H groups in total. The lowest BCUT2D eigenvalue weighted by Crippen LogP contribution is -2.40. The molecule has 20 heavy (non-hydrogen) atoms. The van der Waals surface area contributed by atoms with Crippen LogP contribution < -0.4 is 5.32 Å². The Balaban J connectivity index is 2.01. The molecule has 2 rings (SSSR count). The predicted octanol–water partition coefficient (Wildman–Crippen LogP) is 1.15.